The molecule has 5 fully saturated rings. The molecule has 5 heterocycles. The summed E-state index contributed by atoms with van der Waals surface area (Å²) in [4.78, 5) is 19.1. The number of carbonyl (C=O) groups excluding carboxylic acids is 1. The minimum absolute atomic E-state index is 0.195. The lowest BCUT2D eigenvalue weighted by Gasteiger charge is -2.39. The predicted molar refractivity (Wildman–Crippen MR) is 223 cm³/mol. The predicted octanol–water partition coefficient (Wildman–Crippen LogP) is 8.08. The van der Waals surface area contributed by atoms with E-state index in [1.165, 1.54) is 58.5 Å². The summed E-state index contributed by atoms with van der Waals surface area (Å²) in [5, 5.41) is 12.8. The topological polar surface area (TPSA) is 74.9 Å². The number of piperidine rings is 1. The van der Waals surface area contributed by atoms with E-state index in [0.29, 0.717) is 12.7 Å². The maximum atomic E-state index is 11.6. The Morgan fingerprint density at radius 2 is 0.980 bits per heavy atom. The van der Waals surface area contributed by atoms with Crippen LogP contribution in [0.25, 0.3) is 0 Å². The molecule has 4 N–H and O–H groups in total. The highest BCUT2D eigenvalue weighted by Crippen LogP contribution is 2.25. The fraction of sp³-hybridized carbons (Fsp3) is 0.976. The SMILES string of the molecule is CC.CC.CC.CC.CC.CC(C)C1CCNC1.CC(C)N1CCC2(CC1)NCNC2=O.CC(C)N1CCCC1.CC(C)N1CCNCC1. The molecule has 0 saturated carbocycles. The molecule has 8 heteroatoms. The highest BCUT2D eigenvalue weighted by molar-refractivity contribution is 5.88. The third kappa shape index (κ3) is 25.0. The number of rotatable bonds is 4. The summed E-state index contributed by atoms with van der Waals surface area (Å²) in [6, 6.07) is 2.10. The van der Waals surface area contributed by atoms with Crippen molar-refractivity contribution in [2.75, 3.05) is 72.1 Å². The van der Waals surface area contributed by atoms with Crippen LogP contribution in [0.15, 0.2) is 0 Å². The standard InChI is InChI=1S/C10H19N3O.C7H16N2.2C7H15N.5C2H6/c1-8(2)13-5-3-10(4-6-13)9(14)11-7-12-10;1-7(2)9-5-3-8-4-6-9;1-6(2)7-3-4-8-5-7;1-7(2)8-5-3-4-6-8;5*1-2/h8,12H,3-7H2,1-2H3,(H,11,14);7-8H,3-6H2,1-2H3;6-8H,3-5H2,1-2H3;7H,3-6H2,1-2H3;5*1-2H3. The van der Waals surface area contributed by atoms with Crippen molar-refractivity contribution < 1.29 is 4.79 Å². The summed E-state index contributed by atoms with van der Waals surface area (Å²) in [6.07, 6.45) is 6.10. The lowest BCUT2D eigenvalue weighted by Crippen LogP contribution is -2.55. The van der Waals surface area contributed by atoms with Gasteiger partial charge in [-0.2, -0.15) is 0 Å². The van der Waals surface area contributed by atoms with E-state index in [-0.39, 0.29) is 11.4 Å². The van der Waals surface area contributed by atoms with Gasteiger partial charge in [-0.05, 0) is 112 Å². The number of carbonyl (C=O) groups is 1. The molecule has 0 radical (unpaired) electrons. The molecule has 0 aliphatic carbocycles. The van der Waals surface area contributed by atoms with E-state index >= 15 is 0 Å². The zero-order chi connectivity index (χ0) is 38.8. The molecule has 0 aromatic heterocycles. The molecule has 300 valence electrons. The Labute approximate surface area is 310 Å². The normalized spacial score (nSPS) is 21.2. The van der Waals surface area contributed by atoms with Gasteiger partial charge in [-0.1, -0.05) is 83.1 Å². The highest BCUT2D eigenvalue weighted by atomic mass is 16.2. The number of likely N-dealkylation sites (tertiary alicyclic amines) is 2. The van der Waals surface area contributed by atoms with E-state index in [2.05, 4.69) is 91.4 Å². The average molecular weight is 702 g/mol. The molecule has 1 atom stereocenters. The lowest BCUT2D eigenvalue weighted by molar-refractivity contribution is -0.125. The molecule has 1 spiro atoms. The van der Waals surface area contributed by atoms with E-state index < -0.39 is 0 Å². The Balaban J connectivity index is -0.000000259. The van der Waals surface area contributed by atoms with Gasteiger partial charge in [0.25, 0.3) is 0 Å². The van der Waals surface area contributed by atoms with Gasteiger partial charge in [0.15, 0.2) is 0 Å². The van der Waals surface area contributed by atoms with Crippen molar-refractivity contribution in [3.8, 4) is 0 Å². The first-order valence-corrected chi connectivity index (χ1v) is 21.2. The van der Waals surface area contributed by atoms with Crippen molar-refractivity contribution >= 4 is 5.91 Å². The van der Waals surface area contributed by atoms with Gasteiger partial charge in [0, 0.05) is 57.4 Å². The smallest absolute Gasteiger partial charge is 0.241 e. The van der Waals surface area contributed by atoms with E-state index in [4.69, 9.17) is 0 Å². The van der Waals surface area contributed by atoms with E-state index in [1.807, 2.05) is 69.2 Å². The Bertz CT molecular complexity index is 626. The molecule has 0 aromatic carbocycles. The third-order valence-electron chi connectivity index (χ3n) is 9.29. The van der Waals surface area contributed by atoms with Crippen LogP contribution in [0.1, 0.15) is 157 Å². The quantitative estimate of drug-likeness (QED) is 0.236. The minimum atomic E-state index is -0.245. The molecule has 5 saturated heterocycles. The first-order valence-electron chi connectivity index (χ1n) is 21.2. The molecule has 8 nitrogen and oxygen atoms in total. The molecule has 0 bridgehead atoms. The van der Waals surface area contributed by atoms with Crippen LogP contribution in [-0.2, 0) is 4.79 Å². The van der Waals surface area contributed by atoms with Crippen LogP contribution < -0.4 is 21.3 Å². The second kappa shape index (κ2) is 37.0. The number of nitrogens with one attached hydrogen (secondary N) is 4. The van der Waals surface area contributed by atoms with Gasteiger partial charge in [0.2, 0.25) is 5.91 Å². The maximum absolute atomic E-state index is 11.6. The van der Waals surface area contributed by atoms with Crippen molar-refractivity contribution in [2.45, 2.75) is 180 Å². The van der Waals surface area contributed by atoms with Gasteiger partial charge in [0.1, 0.15) is 5.54 Å². The summed E-state index contributed by atoms with van der Waals surface area (Å²) in [5.74, 6) is 2.03. The first-order chi connectivity index (χ1) is 23.6. The van der Waals surface area contributed by atoms with Crippen molar-refractivity contribution in [1.29, 1.82) is 0 Å². The molecule has 5 aliphatic rings. The van der Waals surface area contributed by atoms with E-state index in [1.54, 1.807) is 0 Å². The first kappa shape index (κ1) is 55.0. The molecule has 5 rings (SSSR count). The van der Waals surface area contributed by atoms with Crippen LogP contribution in [0.3, 0.4) is 0 Å². The van der Waals surface area contributed by atoms with Crippen molar-refractivity contribution in [3.05, 3.63) is 0 Å². The van der Waals surface area contributed by atoms with Gasteiger partial charge in [0.05, 0.1) is 6.67 Å². The molecule has 1 unspecified atom stereocenters. The van der Waals surface area contributed by atoms with Gasteiger partial charge >= 0.3 is 0 Å². The third-order valence-corrected chi connectivity index (χ3v) is 9.29. The summed E-state index contributed by atoms with van der Waals surface area (Å²) in [7, 11) is 0. The number of amides is 1. The Morgan fingerprint density at radius 3 is 1.24 bits per heavy atom. The highest BCUT2D eigenvalue weighted by Gasteiger charge is 2.44. The fourth-order valence-electron chi connectivity index (χ4n) is 6.07. The van der Waals surface area contributed by atoms with Gasteiger partial charge in [-0.15, -0.1) is 0 Å². The molecular formula is C41H95N7O. The van der Waals surface area contributed by atoms with Crippen LogP contribution in [0.2, 0.25) is 0 Å². The Hall–Kier alpha value is -0.770. The van der Waals surface area contributed by atoms with Crippen molar-refractivity contribution in [2.24, 2.45) is 11.8 Å². The average Bonchev–Trinajstić information content (AvgIpc) is 3.95. The lowest BCUT2D eigenvalue weighted by atomic mass is 9.87. The van der Waals surface area contributed by atoms with Crippen LogP contribution in [0.4, 0.5) is 0 Å². The van der Waals surface area contributed by atoms with Crippen molar-refractivity contribution in [3.63, 3.8) is 0 Å². The van der Waals surface area contributed by atoms with Crippen LogP contribution >= 0.6 is 0 Å². The largest absolute Gasteiger partial charge is 0.342 e. The molecule has 0 aromatic rings. The van der Waals surface area contributed by atoms with Crippen molar-refractivity contribution in [1.82, 2.24) is 36.0 Å². The minimum Gasteiger partial charge on any atom is -0.342 e. The van der Waals surface area contributed by atoms with E-state index in [9.17, 15) is 4.79 Å². The maximum Gasteiger partial charge on any atom is 0.241 e. The zero-order valence-electron chi connectivity index (χ0n) is 37.0. The molecule has 5 aliphatic heterocycles. The summed E-state index contributed by atoms with van der Waals surface area (Å²) in [5.41, 5.74) is -0.245. The Morgan fingerprint density at radius 1 is 0.571 bits per heavy atom. The molecular weight excluding hydrogens is 606 g/mol. The van der Waals surface area contributed by atoms with Crippen LogP contribution in [-0.4, -0.2) is 116 Å². The number of hydrogen-bond donors (Lipinski definition) is 4. The number of piperazine rings is 1. The summed E-state index contributed by atoms with van der Waals surface area (Å²) in [6.45, 7) is 50.7. The second-order valence-electron chi connectivity index (χ2n) is 13.3. The summed E-state index contributed by atoms with van der Waals surface area (Å²) >= 11 is 0. The zero-order valence-corrected chi connectivity index (χ0v) is 37.0. The molecule has 1 amide bonds. The van der Waals surface area contributed by atoms with Gasteiger partial charge in [-0.25, -0.2) is 0 Å². The second-order valence-corrected chi connectivity index (χ2v) is 13.3. The van der Waals surface area contributed by atoms with E-state index in [0.717, 1.165) is 62.9 Å². The number of nitrogens with zero attached hydrogens (tertiary/aromatic N) is 3. The monoisotopic (exact) mass is 702 g/mol. The number of hydrogen-bond acceptors (Lipinski definition) is 7. The van der Waals surface area contributed by atoms with Crippen LogP contribution in [0.5, 0.6) is 0 Å². The Kier molecular flexibility index (Phi) is 41.5. The van der Waals surface area contributed by atoms with Gasteiger partial charge < -0.3 is 25.8 Å². The fourth-order valence-corrected chi connectivity index (χ4v) is 6.07. The van der Waals surface area contributed by atoms with Crippen LogP contribution in [0, 0.1) is 11.8 Å². The summed E-state index contributed by atoms with van der Waals surface area (Å²) < 4.78 is 0. The van der Waals surface area contributed by atoms with Gasteiger partial charge in [-0.3, -0.25) is 15.0 Å². The molecule has 49 heavy (non-hydrogen) atoms.